The molecule has 0 radical (unpaired) electrons. The fourth-order valence-electron chi connectivity index (χ4n) is 2.44. The molecule has 1 aromatic rings. The van der Waals surface area contributed by atoms with Gasteiger partial charge in [0.25, 0.3) is 0 Å². The van der Waals surface area contributed by atoms with Crippen LogP contribution in [0.15, 0.2) is 5.38 Å². The van der Waals surface area contributed by atoms with Crippen LogP contribution >= 0.6 is 11.3 Å². The van der Waals surface area contributed by atoms with Crippen LogP contribution in [0.5, 0.6) is 0 Å². The zero-order valence-corrected chi connectivity index (χ0v) is 13.4. The minimum atomic E-state index is 0.373. The van der Waals surface area contributed by atoms with E-state index in [0.717, 1.165) is 24.7 Å². The molecular weight excluding hydrogens is 254 g/mol. The molecule has 4 heteroatoms. The first-order valence-electron chi connectivity index (χ1n) is 7.52. The van der Waals surface area contributed by atoms with Crippen molar-refractivity contribution >= 4 is 11.3 Å². The van der Waals surface area contributed by atoms with Crippen molar-refractivity contribution in [1.82, 2.24) is 10.3 Å². The van der Waals surface area contributed by atoms with Crippen LogP contribution in [0, 0.1) is 12.8 Å². The largest absolute Gasteiger partial charge is 0.330 e. The summed E-state index contributed by atoms with van der Waals surface area (Å²) >= 11 is 1.75. The number of nitrogens with zero attached hydrogens (tertiary/aromatic N) is 1. The quantitative estimate of drug-likeness (QED) is 0.644. The second-order valence-corrected chi connectivity index (χ2v) is 6.27. The van der Waals surface area contributed by atoms with E-state index in [0.29, 0.717) is 6.04 Å². The van der Waals surface area contributed by atoms with Crippen LogP contribution in [0.4, 0.5) is 0 Å². The lowest BCUT2D eigenvalue weighted by Gasteiger charge is -2.16. The van der Waals surface area contributed by atoms with Gasteiger partial charge in [0.15, 0.2) is 0 Å². The van der Waals surface area contributed by atoms with Crippen molar-refractivity contribution in [2.24, 2.45) is 11.7 Å². The molecule has 1 heterocycles. The molecular formula is C15H29N3S. The Hall–Kier alpha value is -0.450. The minimum Gasteiger partial charge on any atom is -0.330 e. The SMILES string of the molecule is CCCC(CCN)CCCNC(C)c1nc(C)cs1. The summed E-state index contributed by atoms with van der Waals surface area (Å²) in [6.45, 7) is 8.41. The van der Waals surface area contributed by atoms with Crippen molar-refractivity contribution in [3.63, 3.8) is 0 Å². The normalized spacial score (nSPS) is 14.5. The molecule has 0 bridgehead atoms. The fourth-order valence-corrected chi connectivity index (χ4v) is 3.27. The molecule has 3 nitrogen and oxygen atoms in total. The van der Waals surface area contributed by atoms with E-state index >= 15 is 0 Å². The summed E-state index contributed by atoms with van der Waals surface area (Å²) in [7, 11) is 0. The zero-order chi connectivity index (χ0) is 14.1. The molecule has 1 aromatic heterocycles. The summed E-state index contributed by atoms with van der Waals surface area (Å²) in [6, 6.07) is 0.373. The van der Waals surface area contributed by atoms with E-state index in [1.54, 1.807) is 11.3 Å². The van der Waals surface area contributed by atoms with Gasteiger partial charge in [-0.05, 0) is 52.1 Å². The van der Waals surface area contributed by atoms with Gasteiger partial charge in [-0.2, -0.15) is 0 Å². The van der Waals surface area contributed by atoms with E-state index in [2.05, 4.69) is 36.5 Å². The first-order chi connectivity index (χ1) is 9.17. The molecule has 0 amide bonds. The highest BCUT2D eigenvalue weighted by Crippen LogP contribution is 2.19. The van der Waals surface area contributed by atoms with Gasteiger partial charge in [-0.15, -0.1) is 11.3 Å². The highest BCUT2D eigenvalue weighted by molar-refractivity contribution is 7.09. The van der Waals surface area contributed by atoms with E-state index in [1.165, 1.54) is 37.1 Å². The van der Waals surface area contributed by atoms with Crippen molar-refractivity contribution in [2.45, 2.75) is 58.9 Å². The minimum absolute atomic E-state index is 0.373. The Bertz CT molecular complexity index is 332. The monoisotopic (exact) mass is 283 g/mol. The van der Waals surface area contributed by atoms with Crippen LogP contribution in [0.1, 0.15) is 62.7 Å². The summed E-state index contributed by atoms with van der Waals surface area (Å²) in [5.74, 6) is 0.814. The number of hydrogen-bond acceptors (Lipinski definition) is 4. The Labute approximate surface area is 122 Å². The first kappa shape index (κ1) is 16.6. The van der Waals surface area contributed by atoms with Crippen molar-refractivity contribution in [1.29, 1.82) is 0 Å². The molecule has 0 saturated heterocycles. The van der Waals surface area contributed by atoms with Crippen LogP contribution in [-0.4, -0.2) is 18.1 Å². The van der Waals surface area contributed by atoms with E-state index < -0.39 is 0 Å². The fraction of sp³-hybridized carbons (Fsp3) is 0.800. The Kier molecular flexibility index (Phi) is 8.26. The van der Waals surface area contributed by atoms with Crippen LogP contribution in [0.25, 0.3) is 0 Å². The molecule has 2 unspecified atom stereocenters. The Morgan fingerprint density at radius 3 is 2.74 bits per heavy atom. The smallest absolute Gasteiger partial charge is 0.110 e. The maximum atomic E-state index is 5.67. The predicted molar refractivity (Wildman–Crippen MR) is 84.6 cm³/mol. The first-order valence-corrected chi connectivity index (χ1v) is 8.40. The summed E-state index contributed by atoms with van der Waals surface area (Å²) in [5.41, 5.74) is 6.79. The molecule has 2 atom stereocenters. The number of thiazole rings is 1. The van der Waals surface area contributed by atoms with E-state index in [-0.39, 0.29) is 0 Å². The van der Waals surface area contributed by atoms with Gasteiger partial charge in [0.05, 0.1) is 6.04 Å². The van der Waals surface area contributed by atoms with Crippen molar-refractivity contribution in [3.8, 4) is 0 Å². The molecule has 0 aliphatic heterocycles. The Morgan fingerprint density at radius 2 is 2.16 bits per heavy atom. The molecule has 0 spiro atoms. The van der Waals surface area contributed by atoms with Crippen LogP contribution in [-0.2, 0) is 0 Å². The van der Waals surface area contributed by atoms with Gasteiger partial charge < -0.3 is 11.1 Å². The lowest BCUT2D eigenvalue weighted by molar-refractivity contribution is 0.398. The van der Waals surface area contributed by atoms with Gasteiger partial charge in [-0.1, -0.05) is 19.8 Å². The van der Waals surface area contributed by atoms with Gasteiger partial charge in [0.2, 0.25) is 0 Å². The topological polar surface area (TPSA) is 50.9 Å². The standard InChI is InChI=1S/C15H29N3S/c1-4-6-14(8-9-16)7-5-10-17-13(3)15-18-12(2)11-19-15/h11,13-14,17H,4-10,16H2,1-3H3. The number of aryl methyl sites for hydroxylation is 1. The predicted octanol–water partition coefficient (Wildman–Crippen LogP) is 3.65. The van der Waals surface area contributed by atoms with Crippen molar-refractivity contribution < 1.29 is 0 Å². The molecule has 1 rings (SSSR count). The number of nitrogens with two attached hydrogens (primary N) is 1. The summed E-state index contributed by atoms with van der Waals surface area (Å²) < 4.78 is 0. The van der Waals surface area contributed by atoms with Gasteiger partial charge in [-0.25, -0.2) is 4.98 Å². The molecule has 110 valence electrons. The van der Waals surface area contributed by atoms with E-state index in [1.807, 2.05) is 0 Å². The third kappa shape index (κ3) is 6.50. The highest BCUT2D eigenvalue weighted by Gasteiger charge is 2.10. The second kappa shape index (κ2) is 9.45. The van der Waals surface area contributed by atoms with Gasteiger partial charge >= 0.3 is 0 Å². The third-order valence-corrected chi connectivity index (χ3v) is 4.66. The number of rotatable bonds is 10. The second-order valence-electron chi connectivity index (χ2n) is 5.38. The average Bonchev–Trinajstić information content (AvgIpc) is 2.81. The van der Waals surface area contributed by atoms with Gasteiger partial charge in [0, 0.05) is 11.1 Å². The Balaban J connectivity index is 2.18. The molecule has 0 fully saturated rings. The Morgan fingerprint density at radius 1 is 1.37 bits per heavy atom. The number of aromatic nitrogens is 1. The molecule has 0 saturated carbocycles. The maximum Gasteiger partial charge on any atom is 0.110 e. The maximum absolute atomic E-state index is 5.67. The lowest BCUT2D eigenvalue weighted by atomic mass is 9.94. The summed E-state index contributed by atoms with van der Waals surface area (Å²) in [4.78, 5) is 4.52. The van der Waals surface area contributed by atoms with Crippen LogP contribution in [0.3, 0.4) is 0 Å². The van der Waals surface area contributed by atoms with E-state index in [4.69, 9.17) is 5.73 Å². The van der Waals surface area contributed by atoms with E-state index in [9.17, 15) is 0 Å². The van der Waals surface area contributed by atoms with Crippen LogP contribution in [0.2, 0.25) is 0 Å². The van der Waals surface area contributed by atoms with Crippen molar-refractivity contribution in [3.05, 3.63) is 16.1 Å². The number of nitrogens with one attached hydrogen (secondary N) is 1. The molecule has 0 aromatic carbocycles. The molecule has 19 heavy (non-hydrogen) atoms. The summed E-state index contributed by atoms with van der Waals surface area (Å²) in [5, 5.41) is 6.88. The lowest BCUT2D eigenvalue weighted by Crippen LogP contribution is -2.20. The van der Waals surface area contributed by atoms with Crippen LogP contribution < -0.4 is 11.1 Å². The molecule has 0 aliphatic carbocycles. The molecule has 0 aliphatic rings. The zero-order valence-electron chi connectivity index (χ0n) is 12.6. The van der Waals surface area contributed by atoms with Gasteiger partial charge in [0.1, 0.15) is 5.01 Å². The summed E-state index contributed by atoms with van der Waals surface area (Å²) in [6.07, 6.45) is 6.29. The third-order valence-electron chi connectivity index (χ3n) is 3.52. The average molecular weight is 283 g/mol. The van der Waals surface area contributed by atoms with Gasteiger partial charge in [-0.3, -0.25) is 0 Å². The number of hydrogen-bond donors (Lipinski definition) is 2. The van der Waals surface area contributed by atoms with Crippen molar-refractivity contribution in [2.75, 3.05) is 13.1 Å². The molecule has 3 N–H and O–H groups in total. The highest BCUT2D eigenvalue weighted by atomic mass is 32.1.